The summed E-state index contributed by atoms with van der Waals surface area (Å²) in [5.74, 6) is -0.111. The minimum atomic E-state index is -0.403. The highest BCUT2D eigenvalue weighted by Crippen LogP contribution is 2.38. The van der Waals surface area contributed by atoms with Crippen LogP contribution in [0.2, 0.25) is 0 Å². The van der Waals surface area contributed by atoms with E-state index in [0.717, 1.165) is 22.2 Å². The third-order valence-corrected chi connectivity index (χ3v) is 4.57. The van der Waals surface area contributed by atoms with Crippen molar-refractivity contribution in [3.8, 4) is 11.5 Å². The van der Waals surface area contributed by atoms with Crippen molar-refractivity contribution in [3.05, 3.63) is 58.5 Å². The van der Waals surface area contributed by atoms with Crippen LogP contribution in [0.15, 0.2) is 47.4 Å². The van der Waals surface area contributed by atoms with Gasteiger partial charge in [0.05, 0.1) is 17.2 Å². The lowest BCUT2D eigenvalue weighted by Crippen LogP contribution is -2.27. The molecule has 0 bridgehead atoms. The van der Waals surface area contributed by atoms with E-state index in [-0.39, 0.29) is 15.9 Å². The molecular weight excluding hydrogens is 338 g/mol. The average molecular weight is 355 g/mol. The van der Waals surface area contributed by atoms with E-state index in [2.05, 4.69) is 0 Å². The molecular formula is C19H17NO4S. The number of hydrogen-bond donors (Lipinski definition) is 1. The Morgan fingerprint density at radius 1 is 1.16 bits per heavy atom. The Labute approximate surface area is 149 Å². The number of nitrogens with zero attached hydrogens (tertiary/aromatic N) is 1. The zero-order valence-corrected chi connectivity index (χ0v) is 14.7. The second-order valence-corrected chi connectivity index (χ2v) is 6.47. The number of thioether (sulfide) groups is 1. The van der Waals surface area contributed by atoms with Gasteiger partial charge in [0.15, 0.2) is 11.5 Å². The number of imide groups is 1. The van der Waals surface area contributed by atoms with Gasteiger partial charge in [-0.25, -0.2) is 4.90 Å². The van der Waals surface area contributed by atoms with Crippen molar-refractivity contribution in [2.45, 2.75) is 13.8 Å². The summed E-state index contributed by atoms with van der Waals surface area (Å²) < 4.78 is 5.34. The molecule has 2 aromatic carbocycles. The number of carbonyl (C=O) groups is 2. The maximum absolute atomic E-state index is 12.6. The summed E-state index contributed by atoms with van der Waals surface area (Å²) in [4.78, 5) is 26.3. The van der Waals surface area contributed by atoms with Gasteiger partial charge in [0.25, 0.3) is 11.1 Å². The molecule has 2 amide bonds. The Morgan fingerprint density at radius 2 is 1.88 bits per heavy atom. The molecule has 0 aromatic heterocycles. The lowest BCUT2D eigenvalue weighted by atomic mass is 10.1. The van der Waals surface area contributed by atoms with Gasteiger partial charge in [-0.15, -0.1) is 0 Å². The van der Waals surface area contributed by atoms with Crippen LogP contribution in [0.5, 0.6) is 11.5 Å². The lowest BCUT2D eigenvalue weighted by Gasteiger charge is -2.12. The van der Waals surface area contributed by atoms with E-state index >= 15 is 0 Å². The third-order valence-electron chi connectivity index (χ3n) is 3.70. The highest BCUT2D eigenvalue weighted by atomic mass is 32.2. The van der Waals surface area contributed by atoms with Crippen LogP contribution in [-0.4, -0.2) is 22.9 Å². The zero-order chi connectivity index (χ0) is 18.0. The molecule has 1 N–H and O–H groups in total. The number of anilines is 1. The summed E-state index contributed by atoms with van der Waals surface area (Å²) in [5.41, 5.74) is 2.01. The van der Waals surface area contributed by atoms with E-state index in [1.807, 2.05) is 26.0 Å². The molecule has 6 heteroatoms. The number of amides is 2. The number of phenolic OH excluding ortho intramolecular Hbond substituents is 1. The van der Waals surface area contributed by atoms with E-state index in [1.54, 1.807) is 30.3 Å². The van der Waals surface area contributed by atoms with Gasteiger partial charge in [0.1, 0.15) is 0 Å². The van der Waals surface area contributed by atoms with Gasteiger partial charge in [-0.2, -0.15) is 0 Å². The number of hydrogen-bond acceptors (Lipinski definition) is 5. The molecule has 1 fully saturated rings. The maximum Gasteiger partial charge on any atom is 0.298 e. The fourth-order valence-corrected chi connectivity index (χ4v) is 3.29. The van der Waals surface area contributed by atoms with Crippen molar-refractivity contribution in [2.24, 2.45) is 0 Å². The van der Waals surface area contributed by atoms with Crippen LogP contribution in [0.25, 0.3) is 6.08 Å². The summed E-state index contributed by atoms with van der Waals surface area (Å²) in [5, 5.41) is 9.90. The number of phenols is 1. The van der Waals surface area contributed by atoms with Crippen molar-refractivity contribution < 1.29 is 19.4 Å². The zero-order valence-electron chi connectivity index (χ0n) is 13.9. The van der Waals surface area contributed by atoms with Gasteiger partial charge in [-0.1, -0.05) is 29.8 Å². The number of para-hydroxylation sites is 1. The number of benzene rings is 2. The summed E-state index contributed by atoms with van der Waals surface area (Å²) in [6, 6.07) is 12.2. The summed E-state index contributed by atoms with van der Waals surface area (Å²) in [6.07, 6.45) is 1.51. The minimum absolute atomic E-state index is 0.0496. The second kappa shape index (κ2) is 7.03. The summed E-state index contributed by atoms with van der Waals surface area (Å²) in [6.45, 7) is 4.17. The molecule has 5 nitrogen and oxygen atoms in total. The largest absolute Gasteiger partial charge is 0.504 e. The van der Waals surface area contributed by atoms with Crippen molar-refractivity contribution in [1.29, 1.82) is 0 Å². The Balaban J connectivity index is 1.93. The smallest absolute Gasteiger partial charge is 0.298 e. The van der Waals surface area contributed by atoms with E-state index in [4.69, 9.17) is 4.74 Å². The van der Waals surface area contributed by atoms with Crippen molar-refractivity contribution >= 4 is 34.7 Å². The molecule has 1 heterocycles. The molecule has 0 unspecified atom stereocenters. The maximum atomic E-state index is 12.6. The monoisotopic (exact) mass is 355 g/mol. The van der Waals surface area contributed by atoms with Crippen LogP contribution in [-0.2, 0) is 4.79 Å². The van der Waals surface area contributed by atoms with Gasteiger partial charge >= 0.3 is 0 Å². The Morgan fingerprint density at radius 3 is 2.56 bits per heavy atom. The minimum Gasteiger partial charge on any atom is -0.504 e. The number of aryl methyl sites for hydroxylation is 1. The van der Waals surface area contributed by atoms with Crippen molar-refractivity contribution in [1.82, 2.24) is 0 Å². The molecule has 25 heavy (non-hydrogen) atoms. The van der Waals surface area contributed by atoms with Crippen molar-refractivity contribution in [3.63, 3.8) is 0 Å². The number of aromatic hydroxyl groups is 1. The van der Waals surface area contributed by atoms with Crippen LogP contribution < -0.4 is 9.64 Å². The van der Waals surface area contributed by atoms with E-state index in [9.17, 15) is 14.7 Å². The number of ether oxygens (including phenoxy) is 1. The molecule has 0 saturated carbocycles. The van der Waals surface area contributed by atoms with Gasteiger partial charge in [0.2, 0.25) is 0 Å². The van der Waals surface area contributed by atoms with Gasteiger partial charge in [0, 0.05) is 5.56 Å². The van der Waals surface area contributed by atoms with Crippen LogP contribution >= 0.6 is 11.8 Å². The predicted molar refractivity (Wildman–Crippen MR) is 98.9 cm³/mol. The number of rotatable bonds is 4. The van der Waals surface area contributed by atoms with Crippen molar-refractivity contribution in [2.75, 3.05) is 11.5 Å². The van der Waals surface area contributed by atoms with Gasteiger partial charge < -0.3 is 9.84 Å². The first-order valence-electron chi connectivity index (χ1n) is 7.80. The quantitative estimate of drug-likeness (QED) is 0.827. The first-order valence-corrected chi connectivity index (χ1v) is 8.62. The summed E-state index contributed by atoms with van der Waals surface area (Å²) in [7, 11) is 0. The molecule has 0 atom stereocenters. The fraction of sp³-hybridized carbons (Fsp3) is 0.158. The van der Waals surface area contributed by atoms with Gasteiger partial charge in [-0.3, -0.25) is 9.59 Å². The molecule has 128 valence electrons. The highest BCUT2D eigenvalue weighted by molar-refractivity contribution is 8.19. The van der Waals surface area contributed by atoms with Crippen LogP contribution in [0, 0.1) is 6.92 Å². The molecule has 0 aliphatic carbocycles. The first-order chi connectivity index (χ1) is 12.0. The lowest BCUT2D eigenvalue weighted by molar-refractivity contribution is -0.113. The molecule has 1 saturated heterocycles. The van der Waals surface area contributed by atoms with E-state index in [0.29, 0.717) is 23.6 Å². The molecule has 1 aliphatic heterocycles. The van der Waals surface area contributed by atoms with E-state index < -0.39 is 5.91 Å². The second-order valence-electron chi connectivity index (χ2n) is 5.48. The molecule has 0 radical (unpaired) electrons. The molecule has 0 spiro atoms. The van der Waals surface area contributed by atoms with Crippen LogP contribution in [0.4, 0.5) is 10.5 Å². The number of carbonyl (C=O) groups excluding carboxylic acids is 2. The summed E-state index contributed by atoms with van der Waals surface area (Å²) >= 11 is 0.850. The SMILES string of the molecule is CCOc1cccc(/C=C2\SC(=O)N(c3ccc(C)cc3)C2=O)c1O. The third kappa shape index (κ3) is 3.39. The average Bonchev–Trinajstić information content (AvgIpc) is 2.86. The standard InChI is InChI=1S/C19H17NO4S/c1-3-24-15-6-4-5-13(17(15)21)11-16-18(22)20(19(23)25-16)14-9-7-12(2)8-10-14/h4-11,21H,3H2,1-2H3/b16-11-. The van der Waals surface area contributed by atoms with Crippen LogP contribution in [0.3, 0.4) is 0 Å². The Bertz CT molecular complexity index is 858. The Kier molecular flexibility index (Phi) is 4.81. The highest BCUT2D eigenvalue weighted by Gasteiger charge is 2.36. The molecule has 2 aromatic rings. The van der Waals surface area contributed by atoms with Gasteiger partial charge in [-0.05, 0) is 49.9 Å². The molecule has 3 rings (SSSR count). The fourth-order valence-electron chi connectivity index (χ4n) is 2.45. The predicted octanol–water partition coefficient (Wildman–Crippen LogP) is 4.34. The van der Waals surface area contributed by atoms with Crippen LogP contribution in [0.1, 0.15) is 18.1 Å². The normalized spacial score (nSPS) is 15.9. The molecule has 1 aliphatic rings. The van der Waals surface area contributed by atoms with E-state index in [1.165, 1.54) is 6.08 Å². The first kappa shape index (κ1) is 17.1. The Hall–Kier alpha value is -2.73. The topological polar surface area (TPSA) is 66.8 Å².